The Hall–Kier alpha value is -1.35. The lowest BCUT2D eigenvalue weighted by Crippen LogP contribution is -2.48. The van der Waals surface area contributed by atoms with Crippen LogP contribution in [-0.2, 0) is 11.2 Å². The Labute approximate surface area is 122 Å². The van der Waals surface area contributed by atoms with Gasteiger partial charge in [0, 0.05) is 19.1 Å². The van der Waals surface area contributed by atoms with Gasteiger partial charge in [0.05, 0.1) is 6.42 Å². The van der Waals surface area contributed by atoms with Crippen LogP contribution < -0.4 is 5.32 Å². The molecule has 0 saturated carbocycles. The van der Waals surface area contributed by atoms with Gasteiger partial charge in [-0.3, -0.25) is 4.79 Å². The molecule has 2 rings (SSSR count). The van der Waals surface area contributed by atoms with Gasteiger partial charge in [0.2, 0.25) is 5.91 Å². The van der Waals surface area contributed by atoms with Gasteiger partial charge in [-0.15, -0.1) is 0 Å². The molecule has 1 aliphatic rings. The fourth-order valence-electron chi connectivity index (χ4n) is 2.83. The Bertz CT molecular complexity index is 444. The van der Waals surface area contributed by atoms with Crippen molar-refractivity contribution in [3.8, 4) is 0 Å². The molecule has 0 aromatic heterocycles. The van der Waals surface area contributed by atoms with Gasteiger partial charge < -0.3 is 10.2 Å². The zero-order chi connectivity index (χ0) is 14.4. The van der Waals surface area contributed by atoms with E-state index in [1.165, 1.54) is 12.0 Å². The number of carbonyl (C=O) groups excluding carboxylic acids is 1. The summed E-state index contributed by atoms with van der Waals surface area (Å²) in [5.41, 5.74) is 2.34. The number of nitrogens with zero attached hydrogens (tertiary/aromatic N) is 1. The van der Waals surface area contributed by atoms with Crippen molar-refractivity contribution in [2.75, 3.05) is 19.6 Å². The van der Waals surface area contributed by atoms with E-state index in [1.807, 2.05) is 17.0 Å². The molecule has 3 nitrogen and oxygen atoms in total. The molecule has 1 aromatic rings. The highest BCUT2D eigenvalue weighted by atomic mass is 16.2. The first-order chi connectivity index (χ1) is 9.69. The maximum Gasteiger partial charge on any atom is 0.227 e. The standard InChI is InChI=1S/C17H26N2O/c1-3-9-18-16-8-5-10-19(13-16)17(20)12-15-7-4-6-14(2)11-15/h4,6-7,11,16,18H,3,5,8-10,12-13H2,1-2H3. The lowest BCUT2D eigenvalue weighted by molar-refractivity contribution is -0.131. The summed E-state index contributed by atoms with van der Waals surface area (Å²) in [6.45, 7) is 7.07. The molecular weight excluding hydrogens is 248 g/mol. The van der Waals surface area contributed by atoms with Crippen molar-refractivity contribution in [1.29, 1.82) is 0 Å². The van der Waals surface area contributed by atoms with Crippen molar-refractivity contribution < 1.29 is 4.79 Å². The normalized spacial score (nSPS) is 19.1. The number of hydrogen-bond acceptors (Lipinski definition) is 2. The van der Waals surface area contributed by atoms with Crippen LogP contribution in [0.5, 0.6) is 0 Å². The Balaban J connectivity index is 1.88. The van der Waals surface area contributed by atoms with Crippen molar-refractivity contribution >= 4 is 5.91 Å². The van der Waals surface area contributed by atoms with E-state index in [0.717, 1.165) is 38.0 Å². The van der Waals surface area contributed by atoms with Gasteiger partial charge in [-0.05, 0) is 38.3 Å². The van der Waals surface area contributed by atoms with Gasteiger partial charge >= 0.3 is 0 Å². The van der Waals surface area contributed by atoms with Crippen LogP contribution in [0.1, 0.15) is 37.3 Å². The van der Waals surface area contributed by atoms with Crippen LogP contribution >= 0.6 is 0 Å². The highest BCUT2D eigenvalue weighted by Gasteiger charge is 2.22. The summed E-state index contributed by atoms with van der Waals surface area (Å²) < 4.78 is 0. The lowest BCUT2D eigenvalue weighted by atomic mass is 10.0. The van der Waals surface area contributed by atoms with E-state index >= 15 is 0 Å². The van der Waals surface area contributed by atoms with E-state index in [2.05, 4.69) is 31.3 Å². The molecule has 1 saturated heterocycles. The molecule has 1 aromatic carbocycles. The monoisotopic (exact) mass is 274 g/mol. The average Bonchev–Trinajstić information content (AvgIpc) is 2.45. The van der Waals surface area contributed by atoms with Crippen LogP contribution in [0.3, 0.4) is 0 Å². The third-order valence-corrected chi connectivity index (χ3v) is 3.89. The molecule has 1 unspecified atom stereocenters. The molecule has 1 atom stereocenters. The first kappa shape index (κ1) is 15.0. The zero-order valence-electron chi connectivity index (χ0n) is 12.7. The van der Waals surface area contributed by atoms with E-state index in [9.17, 15) is 4.79 Å². The molecular formula is C17H26N2O. The number of aryl methyl sites for hydroxylation is 1. The van der Waals surface area contributed by atoms with Crippen molar-refractivity contribution in [2.24, 2.45) is 0 Å². The van der Waals surface area contributed by atoms with Crippen LogP contribution in [0, 0.1) is 6.92 Å². The lowest BCUT2D eigenvalue weighted by Gasteiger charge is -2.33. The average molecular weight is 274 g/mol. The molecule has 0 radical (unpaired) electrons. The molecule has 1 aliphatic heterocycles. The van der Waals surface area contributed by atoms with Crippen molar-refractivity contribution in [2.45, 2.75) is 45.6 Å². The first-order valence-electron chi connectivity index (χ1n) is 7.75. The minimum atomic E-state index is 0.263. The third-order valence-electron chi connectivity index (χ3n) is 3.89. The number of rotatable bonds is 5. The first-order valence-corrected chi connectivity index (χ1v) is 7.75. The quantitative estimate of drug-likeness (QED) is 0.895. The van der Waals surface area contributed by atoms with Crippen LogP contribution in [0.15, 0.2) is 24.3 Å². The van der Waals surface area contributed by atoms with E-state index in [0.29, 0.717) is 12.5 Å². The van der Waals surface area contributed by atoms with Crippen LogP contribution in [0.2, 0.25) is 0 Å². The summed E-state index contributed by atoms with van der Waals surface area (Å²) in [7, 11) is 0. The summed E-state index contributed by atoms with van der Waals surface area (Å²) in [6, 6.07) is 8.72. The van der Waals surface area contributed by atoms with Crippen LogP contribution in [-0.4, -0.2) is 36.5 Å². The van der Waals surface area contributed by atoms with Crippen molar-refractivity contribution in [3.63, 3.8) is 0 Å². The summed E-state index contributed by atoms with van der Waals surface area (Å²) in [5, 5.41) is 3.54. The van der Waals surface area contributed by atoms with E-state index in [-0.39, 0.29) is 5.91 Å². The Kier molecular flexibility index (Phi) is 5.60. The molecule has 0 spiro atoms. The minimum absolute atomic E-state index is 0.263. The minimum Gasteiger partial charge on any atom is -0.341 e. The van der Waals surface area contributed by atoms with E-state index in [1.54, 1.807) is 0 Å². The largest absolute Gasteiger partial charge is 0.341 e. The second-order valence-electron chi connectivity index (χ2n) is 5.80. The zero-order valence-corrected chi connectivity index (χ0v) is 12.7. The van der Waals surface area contributed by atoms with Crippen LogP contribution in [0.25, 0.3) is 0 Å². The molecule has 1 heterocycles. The number of piperidine rings is 1. The molecule has 3 heteroatoms. The maximum atomic E-state index is 12.4. The van der Waals surface area contributed by atoms with Crippen molar-refractivity contribution in [1.82, 2.24) is 10.2 Å². The molecule has 1 fully saturated rings. The Morgan fingerprint density at radius 2 is 2.30 bits per heavy atom. The van der Waals surface area contributed by atoms with Gasteiger partial charge in [0.15, 0.2) is 0 Å². The van der Waals surface area contributed by atoms with Crippen LogP contribution in [0.4, 0.5) is 0 Å². The predicted molar refractivity (Wildman–Crippen MR) is 82.8 cm³/mol. The predicted octanol–water partition coefficient (Wildman–Crippen LogP) is 2.53. The molecule has 20 heavy (non-hydrogen) atoms. The Morgan fingerprint density at radius 1 is 1.45 bits per heavy atom. The summed E-state index contributed by atoms with van der Waals surface area (Å²) in [5.74, 6) is 0.263. The van der Waals surface area contributed by atoms with Crippen molar-refractivity contribution in [3.05, 3.63) is 35.4 Å². The van der Waals surface area contributed by atoms with Gasteiger partial charge in [-0.25, -0.2) is 0 Å². The SMILES string of the molecule is CCCNC1CCCN(C(=O)Cc2cccc(C)c2)C1. The number of likely N-dealkylation sites (tertiary alicyclic amines) is 1. The molecule has 0 bridgehead atoms. The number of nitrogens with one attached hydrogen (secondary N) is 1. The molecule has 0 aliphatic carbocycles. The van der Waals surface area contributed by atoms with Gasteiger partial charge in [-0.1, -0.05) is 36.8 Å². The highest BCUT2D eigenvalue weighted by molar-refractivity contribution is 5.79. The summed E-state index contributed by atoms with van der Waals surface area (Å²) in [6.07, 6.45) is 3.98. The number of carbonyl (C=O) groups is 1. The fourth-order valence-corrected chi connectivity index (χ4v) is 2.83. The molecule has 1 N–H and O–H groups in total. The Morgan fingerprint density at radius 3 is 3.05 bits per heavy atom. The van der Waals surface area contributed by atoms with Gasteiger partial charge in [0.25, 0.3) is 0 Å². The topological polar surface area (TPSA) is 32.3 Å². The highest BCUT2D eigenvalue weighted by Crippen LogP contribution is 2.13. The number of hydrogen-bond donors (Lipinski definition) is 1. The molecule has 110 valence electrons. The van der Waals surface area contributed by atoms with Gasteiger partial charge in [-0.2, -0.15) is 0 Å². The van der Waals surface area contributed by atoms with E-state index < -0.39 is 0 Å². The third kappa shape index (κ3) is 4.34. The second-order valence-corrected chi connectivity index (χ2v) is 5.80. The summed E-state index contributed by atoms with van der Waals surface area (Å²) in [4.78, 5) is 14.4. The summed E-state index contributed by atoms with van der Waals surface area (Å²) >= 11 is 0. The smallest absolute Gasteiger partial charge is 0.227 e. The maximum absolute atomic E-state index is 12.4. The van der Waals surface area contributed by atoms with E-state index in [4.69, 9.17) is 0 Å². The molecule has 1 amide bonds. The fraction of sp³-hybridized carbons (Fsp3) is 0.588. The van der Waals surface area contributed by atoms with Gasteiger partial charge in [0.1, 0.15) is 0 Å². The number of amides is 1. The second kappa shape index (κ2) is 7.44. The number of benzene rings is 1.